The van der Waals surface area contributed by atoms with Crippen LogP contribution in [0.25, 0.3) is 10.2 Å². The van der Waals surface area contributed by atoms with Gasteiger partial charge < -0.3 is 19.7 Å². The summed E-state index contributed by atoms with van der Waals surface area (Å²) in [4.78, 5) is 26.3. The number of hydrogen-bond donors (Lipinski definition) is 2. The second-order valence-electron chi connectivity index (χ2n) is 6.44. The maximum atomic E-state index is 13.0. The lowest BCUT2D eigenvalue weighted by Gasteiger charge is -2.10. The fourth-order valence-electron chi connectivity index (χ4n) is 3.03. The van der Waals surface area contributed by atoms with Crippen molar-refractivity contribution in [3.63, 3.8) is 0 Å². The molecule has 0 bridgehead atoms. The van der Waals surface area contributed by atoms with Gasteiger partial charge in [-0.25, -0.2) is 0 Å². The Kier molecular flexibility index (Phi) is 6.87. The number of nitrogens with zero attached hydrogens (tertiary/aromatic N) is 1. The summed E-state index contributed by atoms with van der Waals surface area (Å²) in [6.45, 7) is 4.30. The van der Waals surface area contributed by atoms with Gasteiger partial charge in [0, 0.05) is 35.3 Å². The lowest BCUT2D eigenvalue weighted by molar-refractivity contribution is 0.0949. The van der Waals surface area contributed by atoms with Crippen LogP contribution >= 0.6 is 22.9 Å². The summed E-state index contributed by atoms with van der Waals surface area (Å²) in [6.07, 6.45) is 3.15. The zero-order chi connectivity index (χ0) is 21.0. The van der Waals surface area contributed by atoms with Crippen LogP contribution < -0.4 is 10.7 Å². The van der Waals surface area contributed by atoms with Crippen LogP contribution in [-0.2, 0) is 31.5 Å². The van der Waals surface area contributed by atoms with Crippen LogP contribution in [0.15, 0.2) is 47.9 Å². The molecule has 29 heavy (non-hydrogen) atoms. The van der Waals surface area contributed by atoms with E-state index in [1.807, 2.05) is 12.1 Å². The Morgan fingerprint density at radius 1 is 1.38 bits per heavy atom. The fourth-order valence-corrected chi connectivity index (χ4v) is 4.31. The highest BCUT2D eigenvalue weighted by Crippen LogP contribution is 2.30. The number of rotatable bonds is 8. The van der Waals surface area contributed by atoms with Crippen molar-refractivity contribution in [2.75, 3.05) is 6.61 Å². The Morgan fingerprint density at radius 3 is 2.76 bits per heavy atom. The Morgan fingerprint density at radius 2 is 2.10 bits per heavy atom. The number of fused-ring (bicyclic) bond motifs is 1. The predicted octanol–water partition coefficient (Wildman–Crippen LogP) is 3.38. The van der Waals surface area contributed by atoms with Crippen molar-refractivity contribution < 1.29 is 14.6 Å². The number of aliphatic hydroxyl groups is 1. The first-order valence-corrected chi connectivity index (χ1v) is 10.1. The monoisotopic (exact) mass is 432 g/mol. The summed E-state index contributed by atoms with van der Waals surface area (Å²) in [5.74, 6) is -0.453. The average Bonchev–Trinajstić information content (AvgIpc) is 3.10. The van der Waals surface area contributed by atoms with E-state index in [0.29, 0.717) is 26.7 Å². The number of carbonyl (C=O) groups excluding carboxylic acids is 1. The molecule has 0 atom stereocenters. The third kappa shape index (κ3) is 4.59. The first-order chi connectivity index (χ1) is 14.0. The van der Waals surface area contributed by atoms with Crippen molar-refractivity contribution in [1.29, 1.82) is 0 Å². The zero-order valence-electron chi connectivity index (χ0n) is 15.9. The number of aromatic nitrogens is 1. The van der Waals surface area contributed by atoms with E-state index >= 15 is 0 Å². The summed E-state index contributed by atoms with van der Waals surface area (Å²) in [6, 6.07) is 7.11. The topological polar surface area (TPSA) is 80.6 Å². The molecule has 6 nitrogen and oxygen atoms in total. The largest absolute Gasteiger partial charge is 0.391 e. The van der Waals surface area contributed by atoms with Crippen LogP contribution in [-0.4, -0.2) is 22.2 Å². The van der Waals surface area contributed by atoms with Gasteiger partial charge in [0.25, 0.3) is 5.91 Å². The Balaban J connectivity index is 1.92. The molecule has 0 aliphatic rings. The molecule has 3 aromatic rings. The van der Waals surface area contributed by atoms with Gasteiger partial charge in [0.1, 0.15) is 5.56 Å². The molecular weight excluding hydrogens is 412 g/mol. The highest BCUT2D eigenvalue weighted by Gasteiger charge is 2.21. The quantitative estimate of drug-likeness (QED) is 0.422. The van der Waals surface area contributed by atoms with E-state index in [9.17, 15) is 14.7 Å². The molecule has 2 heterocycles. The number of hydrogen-bond acceptors (Lipinski definition) is 5. The standard InChI is InChI=1S/C21H21ClN2O4S/c1-3-8-28-12-16-17(11-25)29-20-18(16)24(2)10-15(19(20)26)21(27)23-9-13-4-6-14(22)7-5-13/h3-7,10,25H,1,8-9,11-12H2,2H3,(H,23,27). The van der Waals surface area contributed by atoms with E-state index in [1.54, 1.807) is 29.8 Å². The van der Waals surface area contributed by atoms with Crippen molar-refractivity contribution in [2.24, 2.45) is 7.05 Å². The molecule has 1 amide bonds. The molecule has 0 aliphatic carbocycles. The van der Waals surface area contributed by atoms with Gasteiger partial charge in [0.15, 0.2) is 0 Å². The Labute approximate surface area is 177 Å². The average molecular weight is 433 g/mol. The Bertz CT molecular complexity index is 1100. The van der Waals surface area contributed by atoms with Crippen molar-refractivity contribution in [2.45, 2.75) is 19.8 Å². The second kappa shape index (κ2) is 9.37. The van der Waals surface area contributed by atoms with Crippen molar-refractivity contribution in [3.05, 3.63) is 79.9 Å². The minimum absolute atomic E-state index is 0.0539. The highest BCUT2D eigenvalue weighted by molar-refractivity contribution is 7.19. The summed E-state index contributed by atoms with van der Waals surface area (Å²) in [5, 5.41) is 13.1. The van der Waals surface area contributed by atoms with Crippen LogP contribution in [0.5, 0.6) is 0 Å². The van der Waals surface area contributed by atoms with Crippen LogP contribution in [0.3, 0.4) is 0 Å². The van der Waals surface area contributed by atoms with Gasteiger partial charge >= 0.3 is 0 Å². The number of amides is 1. The minimum atomic E-state index is -0.453. The fraction of sp³-hybridized carbons (Fsp3) is 0.238. The van der Waals surface area contributed by atoms with Crippen LogP contribution in [0.4, 0.5) is 0 Å². The number of pyridine rings is 1. The smallest absolute Gasteiger partial charge is 0.257 e. The van der Waals surface area contributed by atoms with E-state index in [1.165, 1.54) is 17.5 Å². The number of aryl methyl sites for hydroxylation is 1. The molecule has 1 aromatic carbocycles. The lowest BCUT2D eigenvalue weighted by Crippen LogP contribution is -2.29. The minimum Gasteiger partial charge on any atom is -0.391 e. The SMILES string of the molecule is C=CCOCc1c(CO)sc2c(=O)c(C(=O)NCc3ccc(Cl)cc3)cn(C)c12. The summed E-state index contributed by atoms with van der Waals surface area (Å²) in [7, 11) is 1.77. The molecule has 152 valence electrons. The van der Waals surface area contributed by atoms with Crippen LogP contribution in [0, 0.1) is 0 Å². The zero-order valence-corrected chi connectivity index (χ0v) is 17.5. The molecule has 0 spiro atoms. The third-order valence-electron chi connectivity index (χ3n) is 4.43. The molecule has 3 rings (SSSR count). The van der Waals surface area contributed by atoms with E-state index < -0.39 is 5.91 Å². The molecule has 0 aliphatic heterocycles. The Hall–Kier alpha value is -2.45. The normalized spacial score (nSPS) is 11.0. The number of benzene rings is 1. The van der Waals surface area contributed by atoms with Gasteiger partial charge in [-0.1, -0.05) is 29.8 Å². The molecule has 2 N–H and O–H groups in total. The number of thiophene rings is 1. The molecule has 0 saturated heterocycles. The summed E-state index contributed by atoms with van der Waals surface area (Å²) < 4.78 is 7.68. The summed E-state index contributed by atoms with van der Waals surface area (Å²) in [5.41, 5.74) is 1.99. The third-order valence-corrected chi connectivity index (χ3v) is 5.88. The van der Waals surface area contributed by atoms with Crippen molar-refractivity contribution in [1.82, 2.24) is 9.88 Å². The predicted molar refractivity (Wildman–Crippen MR) is 115 cm³/mol. The van der Waals surface area contributed by atoms with Gasteiger partial charge in [-0.2, -0.15) is 0 Å². The van der Waals surface area contributed by atoms with E-state index in [2.05, 4.69) is 11.9 Å². The maximum absolute atomic E-state index is 13.0. The number of nitrogens with one attached hydrogen (secondary N) is 1. The molecular formula is C21H21ClN2O4S. The number of ether oxygens (including phenoxy) is 1. The maximum Gasteiger partial charge on any atom is 0.257 e. The van der Waals surface area contributed by atoms with E-state index in [-0.39, 0.29) is 30.8 Å². The van der Waals surface area contributed by atoms with Crippen LogP contribution in [0.2, 0.25) is 5.02 Å². The number of carbonyl (C=O) groups is 1. The van der Waals surface area contributed by atoms with E-state index in [0.717, 1.165) is 11.1 Å². The molecule has 8 heteroatoms. The van der Waals surface area contributed by atoms with Crippen LogP contribution in [0.1, 0.15) is 26.4 Å². The van der Waals surface area contributed by atoms with Gasteiger partial charge in [0.05, 0.1) is 30.0 Å². The molecule has 0 radical (unpaired) electrons. The van der Waals surface area contributed by atoms with Crippen molar-refractivity contribution >= 4 is 39.1 Å². The first-order valence-electron chi connectivity index (χ1n) is 8.92. The molecule has 2 aromatic heterocycles. The first kappa shape index (κ1) is 21.3. The van der Waals surface area contributed by atoms with E-state index in [4.69, 9.17) is 16.3 Å². The summed E-state index contributed by atoms with van der Waals surface area (Å²) >= 11 is 7.06. The lowest BCUT2D eigenvalue weighted by atomic mass is 10.1. The number of halogens is 1. The number of aliphatic hydroxyl groups excluding tert-OH is 1. The van der Waals surface area contributed by atoms with Gasteiger partial charge in [-0.3, -0.25) is 9.59 Å². The van der Waals surface area contributed by atoms with Crippen molar-refractivity contribution in [3.8, 4) is 0 Å². The molecule has 0 fully saturated rings. The second-order valence-corrected chi connectivity index (χ2v) is 7.98. The van der Waals surface area contributed by atoms with Gasteiger partial charge in [-0.05, 0) is 17.7 Å². The van der Waals surface area contributed by atoms with Gasteiger partial charge in [0.2, 0.25) is 5.43 Å². The molecule has 0 unspecified atom stereocenters. The molecule has 0 saturated carbocycles. The van der Waals surface area contributed by atoms with Gasteiger partial charge in [-0.15, -0.1) is 17.9 Å². The highest BCUT2D eigenvalue weighted by atomic mass is 35.5.